The second kappa shape index (κ2) is 14.0. The first kappa shape index (κ1) is 28.5. The van der Waals surface area contributed by atoms with Gasteiger partial charge in [0.2, 0.25) is 17.7 Å². The molecule has 3 amide bonds. The van der Waals surface area contributed by atoms with Crippen LogP contribution in [0.15, 0.2) is 18.2 Å². The van der Waals surface area contributed by atoms with Crippen LogP contribution in [0, 0.1) is 0 Å². The SMILES string of the molecule is O=C(CN1C(=O)[C@@H](CC(=O)NC2CCCCC2)S[C@@H]1c1ccc(Cl)cc1Cl)NCCCN1CCOCC1. The van der Waals surface area contributed by atoms with E-state index in [1.165, 1.54) is 23.1 Å². The molecule has 2 heterocycles. The van der Waals surface area contributed by atoms with Gasteiger partial charge in [-0.15, -0.1) is 11.8 Å². The van der Waals surface area contributed by atoms with Gasteiger partial charge in [-0.25, -0.2) is 0 Å². The van der Waals surface area contributed by atoms with Crippen molar-refractivity contribution in [2.45, 2.75) is 61.6 Å². The van der Waals surface area contributed by atoms with Gasteiger partial charge in [0, 0.05) is 47.7 Å². The van der Waals surface area contributed by atoms with Crippen LogP contribution in [-0.4, -0.2) is 84.8 Å². The van der Waals surface area contributed by atoms with E-state index in [0.29, 0.717) is 22.2 Å². The Balaban J connectivity index is 1.36. The summed E-state index contributed by atoms with van der Waals surface area (Å²) in [4.78, 5) is 42.9. The lowest BCUT2D eigenvalue weighted by atomic mass is 9.95. The number of benzene rings is 1. The molecule has 11 heteroatoms. The minimum Gasteiger partial charge on any atom is -0.379 e. The normalized spacial score (nSPS) is 23.3. The van der Waals surface area contributed by atoms with Crippen LogP contribution in [0.5, 0.6) is 0 Å². The van der Waals surface area contributed by atoms with E-state index in [1.807, 2.05) is 0 Å². The van der Waals surface area contributed by atoms with Crippen LogP contribution < -0.4 is 10.6 Å². The number of ether oxygens (including phenoxy) is 1. The molecule has 204 valence electrons. The Morgan fingerprint density at radius 3 is 2.57 bits per heavy atom. The molecule has 2 N–H and O–H groups in total. The fourth-order valence-electron chi connectivity index (χ4n) is 5.09. The molecule has 0 bridgehead atoms. The first-order valence-corrected chi connectivity index (χ1v) is 14.9. The lowest BCUT2D eigenvalue weighted by Crippen LogP contribution is -2.43. The van der Waals surface area contributed by atoms with Gasteiger partial charge in [0.1, 0.15) is 11.9 Å². The second-order valence-corrected chi connectivity index (χ2v) is 12.0. The van der Waals surface area contributed by atoms with Crippen LogP contribution in [-0.2, 0) is 19.1 Å². The maximum atomic E-state index is 13.4. The van der Waals surface area contributed by atoms with E-state index in [9.17, 15) is 14.4 Å². The number of carbonyl (C=O) groups is 3. The smallest absolute Gasteiger partial charge is 0.239 e. The number of thioether (sulfide) groups is 1. The minimum atomic E-state index is -0.575. The number of rotatable bonds is 10. The molecule has 3 fully saturated rings. The van der Waals surface area contributed by atoms with Gasteiger partial charge in [-0.1, -0.05) is 48.5 Å². The van der Waals surface area contributed by atoms with Gasteiger partial charge in [-0.05, 0) is 37.9 Å². The lowest BCUT2D eigenvalue weighted by molar-refractivity contribution is -0.136. The molecule has 2 saturated heterocycles. The number of nitrogens with zero attached hydrogens (tertiary/aromatic N) is 2. The average Bonchev–Trinajstić information content (AvgIpc) is 3.17. The standard InChI is InChI=1S/C26H36Cl2N4O4S/c27-18-7-8-20(21(28)15-18)26-32(17-24(34)29-9-4-10-31-11-13-36-14-12-31)25(35)22(37-26)16-23(33)30-19-5-2-1-3-6-19/h7-8,15,19,22,26H,1-6,9-14,16-17H2,(H,29,34)(H,30,33)/t22-,26-/m1/s1. The number of hydrogen-bond donors (Lipinski definition) is 2. The summed E-state index contributed by atoms with van der Waals surface area (Å²) in [5.41, 5.74) is 0.708. The molecule has 2 atom stereocenters. The van der Waals surface area contributed by atoms with E-state index >= 15 is 0 Å². The number of hydrogen-bond acceptors (Lipinski definition) is 6. The van der Waals surface area contributed by atoms with Crippen molar-refractivity contribution < 1.29 is 19.1 Å². The second-order valence-electron chi connectivity index (χ2n) is 9.87. The van der Waals surface area contributed by atoms with Crippen LogP contribution in [0.25, 0.3) is 0 Å². The zero-order valence-corrected chi connectivity index (χ0v) is 23.4. The fourth-order valence-corrected chi connectivity index (χ4v) is 7.16. The van der Waals surface area contributed by atoms with Crippen molar-refractivity contribution in [3.8, 4) is 0 Å². The molecule has 8 nitrogen and oxygen atoms in total. The minimum absolute atomic E-state index is 0.0827. The van der Waals surface area contributed by atoms with Gasteiger partial charge in [-0.3, -0.25) is 19.3 Å². The van der Waals surface area contributed by atoms with E-state index < -0.39 is 10.6 Å². The maximum Gasteiger partial charge on any atom is 0.239 e. The number of carbonyl (C=O) groups excluding carboxylic acids is 3. The Kier molecular flexibility index (Phi) is 10.8. The van der Waals surface area contributed by atoms with Gasteiger partial charge in [-0.2, -0.15) is 0 Å². The zero-order chi connectivity index (χ0) is 26.2. The van der Waals surface area contributed by atoms with E-state index in [-0.39, 0.29) is 36.7 Å². The predicted octanol–water partition coefficient (Wildman–Crippen LogP) is 3.61. The van der Waals surface area contributed by atoms with Crippen molar-refractivity contribution in [2.24, 2.45) is 0 Å². The Bertz CT molecular complexity index is 957. The van der Waals surface area contributed by atoms with E-state index in [2.05, 4.69) is 15.5 Å². The predicted molar refractivity (Wildman–Crippen MR) is 147 cm³/mol. The van der Waals surface area contributed by atoms with Crippen molar-refractivity contribution in [3.05, 3.63) is 33.8 Å². The van der Waals surface area contributed by atoms with Crippen molar-refractivity contribution >= 4 is 52.7 Å². The van der Waals surface area contributed by atoms with Gasteiger partial charge >= 0.3 is 0 Å². The Morgan fingerprint density at radius 1 is 1.08 bits per heavy atom. The van der Waals surface area contributed by atoms with E-state index in [0.717, 1.165) is 65.0 Å². The number of nitrogens with one attached hydrogen (secondary N) is 2. The summed E-state index contributed by atoms with van der Waals surface area (Å²) < 4.78 is 5.37. The molecular weight excluding hydrogens is 535 g/mol. The van der Waals surface area contributed by atoms with Crippen LogP contribution >= 0.6 is 35.0 Å². The Hall–Kier alpha value is -1.52. The molecule has 0 radical (unpaired) electrons. The molecule has 0 aromatic heterocycles. The summed E-state index contributed by atoms with van der Waals surface area (Å²) in [6.07, 6.45) is 6.32. The summed E-state index contributed by atoms with van der Waals surface area (Å²) in [7, 11) is 0. The van der Waals surface area contributed by atoms with Crippen molar-refractivity contribution in [1.82, 2.24) is 20.4 Å². The molecule has 1 aliphatic carbocycles. The third-order valence-electron chi connectivity index (χ3n) is 7.10. The number of amides is 3. The largest absolute Gasteiger partial charge is 0.379 e. The van der Waals surface area contributed by atoms with Gasteiger partial charge in [0.15, 0.2) is 0 Å². The van der Waals surface area contributed by atoms with Crippen LogP contribution in [0.3, 0.4) is 0 Å². The van der Waals surface area contributed by atoms with Gasteiger partial charge in [0.25, 0.3) is 0 Å². The van der Waals surface area contributed by atoms with Crippen molar-refractivity contribution in [3.63, 3.8) is 0 Å². The van der Waals surface area contributed by atoms with Crippen molar-refractivity contribution in [2.75, 3.05) is 45.9 Å². The molecule has 0 spiro atoms. The first-order chi connectivity index (χ1) is 17.9. The summed E-state index contributed by atoms with van der Waals surface area (Å²) in [5, 5.41) is 5.93. The molecule has 1 aromatic rings. The van der Waals surface area contributed by atoms with Crippen molar-refractivity contribution in [1.29, 1.82) is 0 Å². The highest BCUT2D eigenvalue weighted by atomic mass is 35.5. The quantitative estimate of drug-likeness (QED) is 0.417. The first-order valence-electron chi connectivity index (χ1n) is 13.2. The summed E-state index contributed by atoms with van der Waals surface area (Å²) in [5.74, 6) is -0.560. The molecule has 3 aliphatic rings. The Labute approximate surface area is 233 Å². The average molecular weight is 572 g/mol. The van der Waals surface area contributed by atoms with Gasteiger partial charge in [0.05, 0.1) is 18.5 Å². The third kappa shape index (κ3) is 8.23. The van der Waals surface area contributed by atoms with Gasteiger partial charge < -0.3 is 20.3 Å². The van der Waals surface area contributed by atoms with Crippen LogP contribution in [0.2, 0.25) is 10.0 Å². The molecular formula is C26H36Cl2N4O4S. The number of morpholine rings is 1. The summed E-state index contributed by atoms with van der Waals surface area (Å²) >= 11 is 13.9. The molecule has 0 unspecified atom stereocenters. The lowest BCUT2D eigenvalue weighted by Gasteiger charge is -2.26. The third-order valence-corrected chi connectivity index (χ3v) is 9.12. The molecule has 37 heavy (non-hydrogen) atoms. The molecule has 1 aromatic carbocycles. The topological polar surface area (TPSA) is 91.0 Å². The maximum absolute atomic E-state index is 13.4. The highest BCUT2D eigenvalue weighted by molar-refractivity contribution is 8.01. The molecule has 1 saturated carbocycles. The molecule has 4 rings (SSSR count). The summed E-state index contributed by atoms with van der Waals surface area (Å²) in [6.45, 7) is 4.65. The summed E-state index contributed by atoms with van der Waals surface area (Å²) in [6, 6.07) is 5.33. The monoisotopic (exact) mass is 570 g/mol. The number of halogens is 2. The fraction of sp³-hybridized carbons (Fsp3) is 0.654. The van der Waals surface area contributed by atoms with E-state index in [4.69, 9.17) is 27.9 Å². The van der Waals surface area contributed by atoms with Crippen LogP contribution in [0.4, 0.5) is 0 Å². The highest BCUT2D eigenvalue weighted by Crippen LogP contribution is 2.46. The molecule has 2 aliphatic heterocycles. The zero-order valence-electron chi connectivity index (χ0n) is 21.1. The van der Waals surface area contributed by atoms with E-state index in [1.54, 1.807) is 18.2 Å². The van der Waals surface area contributed by atoms with Crippen LogP contribution in [0.1, 0.15) is 55.9 Å². The highest BCUT2D eigenvalue weighted by Gasteiger charge is 2.43. The Morgan fingerprint density at radius 2 is 1.84 bits per heavy atom.